The molecule has 25 heavy (non-hydrogen) atoms. The predicted octanol–water partition coefficient (Wildman–Crippen LogP) is 0.976. The molecule has 0 radical (unpaired) electrons. The van der Waals surface area contributed by atoms with Crippen LogP contribution in [0.5, 0.6) is 0 Å². The molecule has 2 aromatic rings. The van der Waals surface area contributed by atoms with Crippen molar-refractivity contribution in [2.24, 2.45) is 0 Å². The van der Waals surface area contributed by atoms with Crippen molar-refractivity contribution in [3.05, 3.63) is 42.1 Å². The van der Waals surface area contributed by atoms with E-state index in [9.17, 15) is 13.2 Å². The second-order valence-electron chi connectivity index (χ2n) is 6.21. The van der Waals surface area contributed by atoms with Crippen molar-refractivity contribution < 1.29 is 14.6 Å². The summed E-state index contributed by atoms with van der Waals surface area (Å²) in [4.78, 5) is 21.0. The van der Waals surface area contributed by atoms with E-state index in [2.05, 4.69) is 15.3 Å². The number of piperidine rings is 1. The van der Waals surface area contributed by atoms with Crippen LogP contribution in [0.1, 0.15) is 30.3 Å². The summed E-state index contributed by atoms with van der Waals surface area (Å²) in [6.07, 6.45) is 7.44. The Balaban J connectivity index is 0.00000243. The fraction of sp³-hybridized carbons (Fsp3) is 0.438. The molecule has 9 heteroatoms. The molecule has 0 saturated carbocycles. The van der Waals surface area contributed by atoms with Crippen LogP contribution in [0.25, 0.3) is 5.82 Å². The average Bonchev–Trinajstić information content (AvgIpc) is 3.09. The number of aromatic nitrogens is 3. The summed E-state index contributed by atoms with van der Waals surface area (Å²) in [5, 5.41) is 2.97. The molecule has 0 spiro atoms. The third-order valence-electron chi connectivity index (χ3n) is 4.32. The Morgan fingerprint density at radius 2 is 2.04 bits per heavy atom. The molecule has 3 rings (SSSR count). The lowest BCUT2D eigenvalue weighted by Gasteiger charge is -2.30. The van der Waals surface area contributed by atoms with Gasteiger partial charge in [0.15, 0.2) is 0 Å². The summed E-state index contributed by atoms with van der Waals surface area (Å²) in [6.45, 7) is 2.68. The molecule has 1 amide bonds. The first-order chi connectivity index (χ1) is 11.8. The number of imidazole rings is 1. The molecule has 1 aliphatic heterocycles. The molecular weight excluding hydrogens is 342 g/mol. The van der Waals surface area contributed by atoms with E-state index in [0.717, 1.165) is 5.56 Å². The molecule has 8 nitrogen and oxygen atoms in total. The van der Waals surface area contributed by atoms with Crippen molar-refractivity contribution in [3.63, 3.8) is 0 Å². The minimum Gasteiger partial charge on any atom is -0.348 e. The van der Waals surface area contributed by atoms with E-state index >= 15 is 0 Å². The minimum atomic E-state index is -3.17. The van der Waals surface area contributed by atoms with Crippen LogP contribution < -0.4 is 5.32 Å². The van der Waals surface area contributed by atoms with Crippen LogP contribution in [0, 0.1) is 6.92 Å². The molecule has 1 aliphatic rings. The molecule has 0 aliphatic carbocycles. The van der Waals surface area contributed by atoms with Gasteiger partial charge in [-0.3, -0.25) is 9.36 Å². The van der Waals surface area contributed by atoms with Crippen molar-refractivity contribution in [1.29, 1.82) is 0 Å². The highest BCUT2D eigenvalue weighted by molar-refractivity contribution is 7.88. The van der Waals surface area contributed by atoms with Crippen LogP contribution in [0.3, 0.4) is 0 Å². The van der Waals surface area contributed by atoms with Gasteiger partial charge in [0, 0.05) is 33.0 Å². The second kappa shape index (κ2) is 6.93. The van der Waals surface area contributed by atoms with Gasteiger partial charge in [-0.15, -0.1) is 0 Å². The number of pyridine rings is 1. The number of carbonyl (C=O) groups excluding carboxylic acids is 1. The van der Waals surface area contributed by atoms with Gasteiger partial charge in [0.1, 0.15) is 17.8 Å². The maximum absolute atomic E-state index is 12.6. The Kier molecular flexibility index (Phi) is 4.87. The Hall–Kier alpha value is -2.26. The van der Waals surface area contributed by atoms with Crippen LogP contribution in [0.4, 0.5) is 0 Å². The van der Waals surface area contributed by atoms with Crippen LogP contribution in [0.2, 0.25) is 0 Å². The molecule has 136 valence electrons. The van der Waals surface area contributed by atoms with Gasteiger partial charge in [0.25, 0.3) is 5.91 Å². The first kappa shape index (κ1) is 17.6. The SMILES string of the molecule is Cc1ccc(-n2ccnc2)nc1C(=O)NC1CCN(S(C)(=O)=O)CC1.[HH]. The highest BCUT2D eigenvalue weighted by Gasteiger charge is 2.26. The number of sulfonamides is 1. The van der Waals surface area contributed by atoms with Crippen LogP contribution in [-0.2, 0) is 10.0 Å². The Labute approximate surface area is 148 Å². The number of hydrogen-bond acceptors (Lipinski definition) is 5. The standard InChI is InChI=1S/C16H21N5O3S.H2/c1-12-3-4-14(20-10-7-17-11-20)19-15(12)16(22)18-13-5-8-21(9-6-13)25(2,23)24;/h3-4,7,10-11,13H,5-6,8-9H2,1-2H3,(H,18,22);1H. The van der Waals surface area contributed by atoms with E-state index in [1.165, 1.54) is 10.6 Å². The zero-order valence-corrected chi connectivity index (χ0v) is 15.0. The van der Waals surface area contributed by atoms with Gasteiger partial charge in [0.2, 0.25) is 10.0 Å². The Morgan fingerprint density at radius 1 is 1.32 bits per heavy atom. The van der Waals surface area contributed by atoms with E-state index in [-0.39, 0.29) is 13.4 Å². The number of aryl methyl sites for hydroxylation is 1. The van der Waals surface area contributed by atoms with Gasteiger partial charge in [-0.1, -0.05) is 6.07 Å². The summed E-state index contributed by atoms with van der Waals surface area (Å²) >= 11 is 0. The van der Waals surface area contributed by atoms with Gasteiger partial charge in [-0.2, -0.15) is 0 Å². The minimum absolute atomic E-state index is 0. The van der Waals surface area contributed by atoms with Gasteiger partial charge in [0.05, 0.1) is 6.26 Å². The zero-order valence-electron chi connectivity index (χ0n) is 14.2. The summed E-state index contributed by atoms with van der Waals surface area (Å²) in [6, 6.07) is 3.63. The Morgan fingerprint density at radius 3 is 2.64 bits per heavy atom. The first-order valence-electron chi connectivity index (χ1n) is 8.06. The maximum Gasteiger partial charge on any atom is 0.270 e. The molecule has 3 heterocycles. The third-order valence-corrected chi connectivity index (χ3v) is 5.63. The smallest absolute Gasteiger partial charge is 0.270 e. The molecule has 1 N–H and O–H groups in total. The molecule has 0 atom stereocenters. The van der Waals surface area contributed by atoms with Crippen molar-refractivity contribution in [1.82, 2.24) is 24.2 Å². The fourth-order valence-electron chi connectivity index (χ4n) is 2.87. The number of amides is 1. The number of nitrogens with zero attached hydrogens (tertiary/aromatic N) is 4. The van der Waals surface area contributed by atoms with E-state index in [4.69, 9.17) is 0 Å². The largest absolute Gasteiger partial charge is 0.348 e. The van der Waals surface area contributed by atoms with Gasteiger partial charge in [-0.05, 0) is 31.4 Å². The summed E-state index contributed by atoms with van der Waals surface area (Å²) in [7, 11) is -3.17. The highest BCUT2D eigenvalue weighted by atomic mass is 32.2. The van der Waals surface area contributed by atoms with E-state index < -0.39 is 10.0 Å². The van der Waals surface area contributed by atoms with Crippen molar-refractivity contribution in [2.45, 2.75) is 25.8 Å². The normalized spacial score (nSPS) is 16.7. The van der Waals surface area contributed by atoms with Gasteiger partial charge >= 0.3 is 0 Å². The molecule has 2 aromatic heterocycles. The van der Waals surface area contributed by atoms with Crippen molar-refractivity contribution in [2.75, 3.05) is 19.3 Å². The maximum atomic E-state index is 12.6. The third kappa shape index (κ3) is 4.05. The summed E-state index contributed by atoms with van der Waals surface area (Å²) in [5.41, 5.74) is 1.16. The number of nitrogens with one attached hydrogen (secondary N) is 1. The van der Waals surface area contributed by atoms with Gasteiger partial charge in [-0.25, -0.2) is 22.7 Å². The summed E-state index contributed by atoms with van der Waals surface area (Å²) < 4.78 is 26.3. The van der Waals surface area contributed by atoms with E-state index in [1.807, 2.05) is 19.1 Å². The van der Waals surface area contributed by atoms with Crippen molar-refractivity contribution >= 4 is 15.9 Å². The molecule has 1 fully saturated rings. The van der Waals surface area contributed by atoms with E-state index in [0.29, 0.717) is 37.4 Å². The van der Waals surface area contributed by atoms with Gasteiger partial charge < -0.3 is 5.32 Å². The topological polar surface area (TPSA) is 97.2 Å². The fourth-order valence-corrected chi connectivity index (χ4v) is 3.75. The molecule has 0 unspecified atom stereocenters. The first-order valence-corrected chi connectivity index (χ1v) is 9.91. The second-order valence-corrected chi connectivity index (χ2v) is 8.20. The number of rotatable bonds is 4. The average molecular weight is 365 g/mol. The molecule has 0 aromatic carbocycles. The lowest BCUT2D eigenvalue weighted by atomic mass is 10.1. The van der Waals surface area contributed by atoms with E-state index in [1.54, 1.807) is 23.3 Å². The summed E-state index contributed by atoms with van der Waals surface area (Å²) in [5.74, 6) is 0.386. The lowest BCUT2D eigenvalue weighted by molar-refractivity contribution is 0.0918. The predicted molar refractivity (Wildman–Crippen MR) is 95.1 cm³/mol. The van der Waals surface area contributed by atoms with Crippen LogP contribution in [0.15, 0.2) is 30.9 Å². The zero-order chi connectivity index (χ0) is 18.0. The quantitative estimate of drug-likeness (QED) is 0.871. The number of carbonyl (C=O) groups is 1. The highest BCUT2D eigenvalue weighted by Crippen LogP contribution is 2.15. The van der Waals surface area contributed by atoms with Crippen LogP contribution >= 0.6 is 0 Å². The molecule has 1 saturated heterocycles. The Bertz CT molecular complexity index is 862. The van der Waals surface area contributed by atoms with Crippen molar-refractivity contribution in [3.8, 4) is 5.82 Å². The van der Waals surface area contributed by atoms with Crippen LogP contribution in [-0.4, -0.2) is 58.6 Å². The molecular formula is C16H23N5O3S. The monoisotopic (exact) mass is 365 g/mol. The molecule has 0 bridgehead atoms. The number of hydrogen-bond donors (Lipinski definition) is 1. The lowest BCUT2D eigenvalue weighted by Crippen LogP contribution is -2.46.